The minimum absolute atomic E-state index is 0.0501. The van der Waals surface area contributed by atoms with Gasteiger partial charge >= 0.3 is 0 Å². The lowest BCUT2D eigenvalue weighted by Crippen LogP contribution is -2.43. The summed E-state index contributed by atoms with van der Waals surface area (Å²) in [5, 5.41) is 5.20. The van der Waals surface area contributed by atoms with Gasteiger partial charge in [-0.3, -0.25) is 9.69 Å². The van der Waals surface area contributed by atoms with Gasteiger partial charge in [-0.15, -0.1) is 22.7 Å². The van der Waals surface area contributed by atoms with Crippen molar-refractivity contribution in [1.82, 2.24) is 15.2 Å². The Morgan fingerprint density at radius 1 is 1.26 bits per heavy atom. The molecule has 0 aliphatic carbocycles. The highest BCUT2D eigenvalue weighted by atomic mass is 32.2. The van der Waals surface area contributed by atoms with Gasteiger partial charge in [-0.2, -0.15) is 0 Å². The zero-order valence-corrected chi connectivity index (χ0v) is 17.2. The number of nitrogens with one attached hydrogen (secondary N) is 1. The summed E-state index contributed by atoms with van der Waals surface area (Å²) in [6.07, 6.45) is 0. The smallest absolute Gasteiger partial charge is 0.230 e. The molecule has 5 nitrogen and oxygen atoms in total. The van der Waals surface area contributed by atoms with Gasteiger partial charge in [0.15, 0.2) is 4.34 Å². The fourth-order valence-electron chi connectivity index (χ4n) is 3.08. The van der Waals surface area contributed by atoms with Gasteiger partial charge < -0.3 is 10.1 Å². The molecule has 2 aromatic heterocycles. The Morgan fingerprint density at radius 2 is 2.11 bits per heavy atom. The monoisotopic (exact) mass is 419 g/mol. The van der Waals surface area contributed by atoms with E-state index in [-0.39, 0.29) is 11.9 Å². The van der Waals surface area contributed by atoms with Crippen LogP contribution in [0.25, 0.3) is 10.2 Å². The molecule has 1 aliphatic heterocycles. The van der Waals surface area contributed by atoms with Crippen LogP contribution in [0, 0.1) is 0 Å². The molecule has 27 heavy (non-hydrogen) atoms. The third-order valence-corrected chi connectivity index (χ3v) is 7.60. The van der Waals surface area contributed by atoms with Gasteiger partial charge in [0.1, 0.15) is 0 Å². The number of ether oxygens (including phenoxy) is 1. The molecule has 1 unspecified atom stereocenters. The maximum absolute atomic E-state index is 12.4. The molecule has 0 spiro atoms. The second-order valence-electron chi connectivity index (χ2n) is 6.22. The number of fused-ring (bicyclic) bond motifs is 1. The van der Waals surface area contributed by atoms with Gasteiger partial charge in [0, 0.05) is 24.5 Å². The molecule has 142 valence electrons. The Hall–Kier alpha value is -1.45. The van der Waals surface area contributed by atoms with Crippen molar-refractivity contribution in [1.29, 1.82) is 0 Å². The molecule has 1 aliphatic rings. The molecule has 1 saturated heterocycles. The SMILES string of the molecule is O=C(CSc1nc2ccccc2s1)NCC(c1cccs1)N1CCOCC1. The maximum atomic E-state index is 12.4. The number of hydrogen-bond acceptors (Lipinski definition) is 7. The van der Waals surface area contributed by atoms with E-state index in [2.05, 4.69) is 38.8 Å². The Balaban J connectivity index is 1.32. The van der Waals surface area contributed by atoms with Gasteiger partial charge in [-0.25, -0.2) is 4.98 Å². The average molecular weight is 420 g/mol. The van der Waals surface area contributed by atoms with Crippen LogP contribution in [0.4, 0.5) is 0 Å². The highest BCUT2D eigenvalue weighted by Gasteiger charge is 2.24. The minimum atomic E-state index is 0.0501. The van der Waals surface area contributed by atoms with Gasteiger partial charge in [0.2, 0.25) is 5.91 Å². The topological polar surface area (TPSA) is 54.5 Å². The molecule has 1 fully saturated rings. The second-order valence-corrected chi connectivity index (χ2v) is 9.45. The van der Waals surface area contributed by atoms with Crippen molar-refractivity contribution in [2.75, 3.05) is 38.6 Å². The maximum Gasteiger partial charge on any atom is 0.230 e. The van der Waals surface area contributed by atoms with Gasteiger partial charge in [-0.1, -0.05) is 30.0 Å². The molecule has 3 aromatic rings. The Labute approximate surface area is 170 Å². The molecule has 0 saturated carbocycles. The largest absolute Gasteiger partial charge is 0.379 e. The van der Waals surface area contributed by atoms with Crippen molar-refractivity contribution in [3.63, 3.8) is 0 Å². The zero-order chi connectivity index (χ0) is 18.5. The summed E-state index contributed by atoms with van der Waals surface area (Å²) >= 11 is 4.88. The standard InChI is InChI=1S/C19H21N3O2S3/c23-18(13-26-19-21-14-4-1-2-5-16(14)27-19)20-12-15(17-6-3-11-25-17)22-7-9-24-10-8-22/h1-6,11,15H,7-10,12-13H2,(H,20,23). The number of thioether (sulfide) groups is 1. The number of benzene rings is 1. The number of thiophene rings is 1. The predicted octanol–water partition coefficient (Wildman–Crippen LogP) is 3.64. The first-order valence-electron chi connectivity index (χ1n) is 8.90. The normalized spacial score (nSPS) is 16.4. The molecular formula is C19H21N3O2S3. The van der Waals surface area contributed by atoms with E-state index in [1.165, 1.54) is 16.6 Å². The summed E-state index contributed by atoms with van der Waals surface area (Å²) in [6, 6.07) is 12.5. The number of carbonyl (C=O) groups is 1. The summed E-state index contributed by atoms with van der Waals surface area (Å²) < 4.78 is 7.57. The molecule has 1 aromatic carbocycles. The van der Waals surface area contributed by atoms with E-state index in [4.69, 9.17) is 4.74 Å². The third kappa shape index (κ3) is 4.89. The Morgan fingerprint density at radius 3 is 2.89 bits per heavy atom. The fourth-order valence-corrected chi connectivity index (χ4v) is 5.84. The van der Waals surface area contributed by atoms with Crippen molar-refractivity contribution in [3.05, 3.63) is 46.7 Å². The van der Waals surface area contributed by atoms with Crippen molar-refractivity contribution in [2.45, 2.75) is 10.4 Å². The van der Waals surface area contributed by atoms with Crippen LogP contribution in [0.15, 0.2) is 46.1 Å². The minimum Gasteiger partial charge on any atom is -0.379 e. The number of carbonyl (C=O) groups excluding carboxylic acids is 1. The third-order valence-electron chi connectivity index (χ3n) is 4.45. The lowest BCUT2D eigenvalue weighted by Gasteiger charge is -2.34. The van der Waals surface area contributed by atoms with Crippen LogP contribution in [0.1, 0.15) is 10.9 Å². The molecule has 4 rings (SSSR count). The van der Waals surface area contributed by atoms with E-state index in [0.717, 1.165) is 40.9 Å². The van der Waals surface area contributed by atoms with Crippen LogP contribution < -0.4 is 5.32 Å². The number of rotatable bonds is 7. The summed E-state index contributed by atoms with van der Waals surface area (Å²) in [5.74, 6) is 0.439. The molecular weight excluding hydrogens is 398 g/mol. The van der Waals surface area contributed by atoms with E-state index in [0.29, 0.717) is 12.3 Å². The molecule has 1 atom stereocenters. The summed E-state index contributed by atoms with van der Waals surface area (Å²) in [7, 11) is 0. The number of nitrogens with zero attached hydrogens (tertiary/aromatic N) is 2. The van der Waals surface area contributed by atoms with Crippen LogP contribution in [-0.2, 0) is 9.53 Å². The number of morpholine rings is 1. The lowest BCUT2D eigenvalue weighted by atomic mass is 10.2. The highest BCUT2D eigenvalue weighted by molar-refractivity contribution is 8.01. The first-order valence-corrected chi connectivity index (χ1v) is 11.6. The molecule has 8 heteroatoms. The van der Waals surface area contributed by atoms with Gasteiger partial charge in [0.05, 0.1) is 35.2 Å². The first-order chi connectivity index (χ1) is 13.3. The van der Waals surface area contributed by atoms with E-state index in [1.807, 2.05) is 18.2 Å². The summed E-state index contributed by atoms with van der Waals surface area (Å²) in [6.45, 7) is 3.93. The number of para-hydroxylation sites is 1. The number of hydrogen-bond donors (Lipinski definition) is 1. The van der Waals surface area contributed by atoms with Crippen molar-refractivity contribution < 1.29 is 9.53 Å². The van der Waals surface area contributed by atoms with Crippen LogP contribution in [0.2, 0.25) is 0 Å². The van der Waals surface area contributed by atoms with Crippen molar-refractivity contribution in [2.24, 2.45) is 0 Å². The molecule has 0 radical (unpaired) electrons. The van der Waals surface area contributed by atoms with Crippen molar-refractivity contribution in [3.8, 4) is 0 Å². The highest BCUT2D eigenvalue weighted by Crippen LogP contribution is 2.29. The number of aromatic nitrogens is 1. The molecule has 0 bridgehead atoms. The second kappa shape index (κ2) is 9.16. The fraction of sp³-hybridized carbons (Fsp3) is 0.368. The lowest BCUT2D eigenvalue weighted by molar-refractivity contribution is -0.118. The number of amides is 1. The Bertz CT molecular complexity index is 842. The zero-order valence-electron chi connectivity index (χ0n) is 14.8. The van der Waals surface area contributed by atoms with E-state index < -0.39 is 0 Å². The molecule has 3 heterocycles. The van der Waals surface area contributed by atoms with E-state index >= 15 is 0 Å². The van der Waals surface area contributed by atoms with Crippen LogP contribution >= 0.6 is 34.4 Å². The van der Waals surface area contributed by atoms with Crippen LogP contribution in [-0.4, -0.2) is 54.4 Å². The van der Waals surface area contributed by atoms with Gasteiger partial charge in [0.25, 0.3) is 0 Å². The predicted molar refractivity (Wildman–Crippen MR) is 113 cm³/mol. The Kier molecular flexibility index (Phi) is 6.41. The molecule has 1 amide bonds. The first kappa shape index (κ1) is 18.9. The molecule has 1 N–H and O–H groups in total. The average Bonchev–Trinajstić information content (AvgIpc) is 3.37. The quantitative estimate of drug-likeness (QED) is 0.593. The van der Waals surface area contributed by atoms with E-state index in [1.54, 1.807) is 22.7 Å². The van der Waals surface area contributed by atoms with Gasteiger partial charge in [-0.05, 0) is 23.6 Å². The van der Waals surface area contributed by atoms with Crippen LogP contribution in [0.3, 0.4) is 0 Å². The number of thiazole rings is 1. The van der Waals surface area contributed by atoms with Crippen molar-refractivity contribution >= 4 is 50.6 Å². The summed E-state index contributed by atoms with van der Waals surface area (Å²) in [5.41, 5.74) is 0.996. The van der Waals surface area contributed by atoms with Crippen LogP contribution in [0.5, 0.6) is 0 Å². The van der Waals surface area contributed by atoms with E-state index in [9.17, 15) is 4.79 Å². The summed E-state index contributed by atoms with van der Waals surface area (Å²) in [4.78, 5) is 20.7.